The summed E-state index contributed by atoms with van der Waals surface area (Å²) in [7, 11) is 0.778. The number of hydrogen-bond acceptors (Lipinski definition) is 1. The van der Waals surface area contributed by atoms with Crippen molar-refractivity contribution >= 4 is 8.37 Å². The predicted molar refractivity (Wildman–Crippen MR) is 29.4 cm³/mol. The van der Waals surface area contributed by atoms with E-state index in [2.05, 4.69) is 13.8 Å². The summed E-state index contributed by atoms with van der Waals surface area (Å²) < 4.78 is 0. The highest BCUT2D eigenvalue weighted by Gasteiger charge is 1.87. The van der Waals surface area contributed by atoms with Crippen molar-refractivity contribution < 1.29 is 0 Å². The van der Waals surface area contributed by atoms with E-state index >= 15 is 0 Å². The highest BCUT2D eigenvalue weighted by atomic mass is 31.1. The molecule has 0 heterocycles. The maximum absolute atomic E-state index is 6.78. The van der Waals surface area contributed by atoms with E-state index in [1.807, 2.05) is 0 Å². The summed E-state index contributed by atoms with van der Waals surface area (Å²) in [6.07, 6.45) is 1.13. The first kappa shape index (κ1) is 6.10. The molecule has 2 heteroatoms. The maximum Gasteiger partial charge on any atom is 0.0149 e. The molecule has 0 fully saturated rings. The molecular weight excluding hydrogens is 93.0 g/mol. The van der Waals surface area contributed by atoms with Gasteiger partial charge >= 0.3 is 0 Å². The zero-order valence-electron chi connectivity index (χ0n) is 4.23. The lowest BCUT2D eigenvalue weighted by atomic mass is 10.4. The van der Waals surface area contributed by atoms with Gasteiger partial charge in [-0.05, 0) is 6.42 Å². The van der Waals surface area contributed by atoms with E-state index in [0.717, 1.165) is 14.8 Å². The highest BCUT2D eigenvalue weighted by Crippen LogP contribution is 2.07. The Morgan fingerprint density at radius 2 is 2.33 bits per heavy atom. The second kappa shape index (κ2) is 3.30. The Balaban J connectivity index is 2.96. The van der Waals surface area contributed by atoms with E-state index in [9.17, 15) is 0 Å². The second-order valence-corrected chi connectivity index (χ2v) is 2.53. The SMILES string of the molecule is CC[C@H](C)P=N. The van der Waals surface area contributed by atoms with Crippen LogP contribution < -0.4 is 0 Å². The van der Waals surface area contributed by atoms with Crippen LogP contribution in [0.2, 0.25) is 0 Å². The standard InChI is InChI=1S/C4H10NP/c1-3-4(2)6-5/h4-5H,3H2,1-2H3/t4-/m0/s1. The average Bonchev–Trinajstić information content (AvgIpc) is 1.65. The van der Waals surface area contributed by atoms with Crippen LogP contribution in [0.4, 0.5) is 0 Å². The summed E-state index contributed by atoms with van der Waals surface area (Å²) in [5, 5.41) is 6.78. The molecule has 0 radical (unpaired) electrons. The summed E-state index contributed by atoms with van der Waals surface area (Å²) in [6.45, 7) is 4.18. The van der Waals surface area contributed by atoms with Crippen LogP contribution in [-0.2, 0) is 0 Å². The Labute approximate surface area is 40.4 Å². The first-order chi connectivity index (χ1) is 2.81. The van der Waals surface area contributed by atoms with Crippen LogP contribution in [0.3, 0.4) is 0 Å². The molecule has 0 aromatic carbocycles. The van der Waals surface area contributed by atoms with E-state index in [1.54, 1.807) is 0 Å². The van der Waals surface area contributed by atoms with Gasteiger partial charge in [0.25, 0.3) is 0 Å². The molecule has 0 aliphatic carbocycles. The van der Waals surface area contributed by atoms with E-state index < -0.39 is 0 Å². The molecule has 36 valence electrons. The third kappa shape index (κ3) is 2.34. The molecule has 0 rings (SSSR count). The first-order valence-corrected chi connectivity index (χ1v) is 3.14. The van der Waals surface area contributed by atoms with Gasteiger partial charge in [0.05, 0.1) is 0 Å². The zero-order valence-corrected chi connectivity index (χ0v) is 5.13. The normalized spacial score (nSPS) is 15.0. The largest absolute Gasteiger partial charge is 0.284 e. The Morgan fingerprint density at radius 3 is 2.33 bits per heavy atom. The molecule has 0 saturated heterocycles. The molecule has 6 heavy (non-hydrogen) atoms. The molecule has 0 amide bonds. The second-order valence-electron chi connectivity index (χ2n) is 1.39. The summed E-state index contributed by atoms with van der Waals surface area (Å²) >= 11 is 0. The molecule has 0 aromatic rings. The molecule has 0 unspecified atom stereocenters. The van der Waals surface area contributed by atoms with Gasteiger partial charge in [-0.15, -0.1) is 0 Å². The topological polar surface area (TPSA) is 23.9 Å². The molecule has 1 nitrogen and oxygen atoms in total. The molecule has 0 spiro atoms. The van der Waals surface area contributed by atoms with Gasteiger partial charge in [0.2, 0.25) is 0 Å². The van der Waals surface area contributed by atoms with Crippen LogP contribution in [0, 0.1) is 5.16 Å². The molecule has 0 aliphatic heterocycles. The van der Waals surface area contributed by atoms with Crippen molar-refractivity contribution in [1.29, 1.82) is 5.16 Å². The maximum atomic E-state index is 6.78. The number of nitrogens with one attached hydrogen (secondary N) is 1. The smallest absolute Gasteiger partial charge is 0.0149 e. The van der Waals surface area contributed by atoms with Crippen molar-refractivity contribution in [3.63, 3.8) is 0 Å². The minimum absolute atomic E-state index is 0.574. The van der Waals surface area contributed by atoms with Crippen molar-refractivity contribution in [2.45, 2.75) is 25.9 Å². The number of hydrogen-bond donors (Lipinski definition) is 1. The van der Waals surface area contributed by atoms with Gasteiger partial charge in [-0.25, -0.2) is 0 Å². The van der Waals surface area contributed by atoms with E-state index in [1.165, 1.54) is 0 Å². The Bertz CT molecular complexity index is 44.8. The minimum Gasteiger partial charge on any atom is -0.284 e. The summed E-state index contributed by atoms with van der Waals surface area (Å²) in [4.78, 5) is 0. The predicted octanol–water partition coefficient (Wildman–Crippen LogP) is 2.49. The number of rotatable bonds is 2. The molecule has 0 aliphatic rings. The van der Waals surface area contributed by atoms with E-state index in [-0.39, 0.29) is 0 Å². The van der Waals surface area contributed by atoms with E-state index in [4.69, 9.17) is 5.16 Å². The fraction of sp³-hybridized carbons (Fsp3) is 1.00. The van der Waals surface area contributed by atoms with Gasteiger partial charge in [-0.2, -0.15) is 0 Å². The van der Waals surface area contributed by atoms with Crippen LogP contribution in [0.15, 0.2) is 0 Å². The first-order valence-electron chi connectivity index (χ1n) is 2.17. The van der Waals surface area contributed by atoms with Crippen LogP contribution in [-0.4, -0.2) is 5.66 Å². The fourth-order valence-electron chi connectivity index (χ4n) is 0.0913. The molecule has 0 aromatic heterocycles. The monoisotopic (exact) mass is 103 g/mol. The lowest BCUT2D eigenvalue weighted by Gasteiger charge is -1.91. The molecule has 1 atom stereocenters. The third-order valence-corrected chi connectivity index (χ3v) is 1.62. The summed E-state index contributed by atoms with van der Waals surface area (Å²) in [5.41, 5.74) is 0.574. The average molecular weight is 103 g/mol. The Kier molecular flexibility index (Phi) is 3.35. The van der Waals surface area contributed by atoms with Crippen molar-refractivity contribution in [2.24, 2.45) is 0 Å². The molecular formula is C4H10NP. The highest BCUT2D eigenvalue weighted by molar-refractivity contribution is 7.26. The Morgan fingerprint density at radius 1 is 1.83 bits per heavy atom. The van der Waals surface area contributed by atoms with E-state index in [0.29, 0.717) is 5.66 Å². The molecule has 1 N–H and O–H groups in total. The summed E-state index contributed by atoms with van der Waals surface area (Å²) in [6, 6.07) is 0. The minimum atomic E-state index is 0.574. The van der Waals surface area contributed by atoms with Crippen LogP contribution in [0.25, 0.3) is 0 Å². The van der Waals surface area contributed by atoms with Gasteiger partial charge < -0.3 is 0 Å². The van der Waals surface area contributed by atoms with Gasteiger partial charge in [0, 0.05) is 14.0 Å². The van der Waals surface area contributed by atoms with Gasteiger partial charge in [-0.3, -0.25) is 5.16 Å². The Hall–Kier alpha value is 0.100. The van der Waals surface area contributed by atoms with Crippen LogP contribution in [0.1, 0.15) is 20.3 Å². The van der Waals surface area contributed by atoms with Crippen LogP contribution >= 0.6 is 8.37 Å². The van der Waals surface area contributed by atoms with Crippen LogP contribution in [0.5, 0.6) is 0 Å². The lowest BCUT2D eigenvalue weighted by Crippen LogP contribution is -1.82. The van der Waals surface area contributed by atoms with Gasteiger partial charge in [0.15, 0.2) is 0 Å². The quantitative estimate of drug-likeness (QED) is 0.519. The molecule has 0 saturated carbocycles. The third-order valence-electron chi connectivity index (χ3n) is 0.811. The lowest BCUT2D eigenvalue weighted by molar-refractivity contribution is 0.901. The zero-order chi connectivity index (χ0) is 4.99. The van der Waals surface area contributed by atoms with Gasteiger partial charge in [0.1, 0.15) is 0 Å². The van der Waals surface area contributed by atoms with Crippen molar-refractivity contribution in [3.8, 4) is 0 Å². The molecule has 0 bridgehead atoms. The van der Waals surface area contributed by atoms with Gasteiger partial charge in [-0.1, -0.05) is 13.8 Å². The fourth-order valence-corrected chi connectivity index (χ4v) is 0.274. The van der Waals surface area contributed by atoms with Crippen molar-refractivity contribution in [3.05, 3.63) is 0 Å². The summed E-state index contributed by atoms with van der Waals surface area (Å²) in [5.74, 6) is 0. The van der Waals surface area contributed by atoms with Crippen molar-refractivity contribution in [1.82, 2.24) is 0 Å². The van der Waals surface area contributed by atoms with Crippen molar-refractivity contribution in [2.75, 3.05) is 0 Å².